The number of aliphatic hydroxyl groups excluding tert-OH is 7. The fraction of sp³-hybridized carbons (Fsp3) is 0.769. The summed E-state index contributed by atoms with van der Waals surface area (Å²) in [5, 5.41) is 75.0. The van der Waals surface area contributed by atoms with E-state index in [4.69, 9.17) is 9.47 Å². The summed E-state index contributed by atoms with van der Waals surface area (Å²) >= 11 is 0. The molecule has 0 aromatic rings. The van der Waals surface area contributed by atoms with Gasteiger partial charge < -0.3 is 50.5 Å². The summed E-state index contributed by atoms with van der Waals surface area (Å²) in [6.45, 7) is 3.20. The van der Waals surface area contributed by atoms with E-state index in [1.165, 1.54) is 12.8 Å². The quantitative estimate of drug-likeness (QED) is 0.0411. The maximum atomic E-state index is 12.9. The predicted octanol–water partition coefficient (Wildman–Crippen LogP) is 4.27. The van der Waals surface area contributed by atoms with E-state index in [0.717, 1.165) is 64.2 Å². The Bertz CT molecular complexity index is 955. The summed E-state index contributed by atoms with van der Waals surface area (Å²) in [5.74, 6) is -0.730. The van der Waals surface area contributed by atoms with E-state index in [1.807, 2.05) is 6.08 Å². The lowest BCUT2D eigenvalue weighted by Gasteiger charge is -2.40. The van der Waals surface area contributed by atoms with Crippen molar-refractivity contribution >= 4 is 5.91 Å². The Balaban J connectivity index is 2.64. The van der Waals surface area contributed by atoms with Crippen LogP contribution in [0.2, 0.25) is 0 Å². The van der Waals surface area contributed by atoms with Gasteiger partial charge in [0, 0.05) is 0 Å². The molecule has 1 heterocycles. The van der Waals surface area contributed by atoms with Crippen molar-refractivity contribution in [3.05, 3.63) is 48.6 Å². The zero-order chi connectivity index (χ0) is 37.0. The molecule has 1 rings (SSSR count). The Hall–Kier alpha value is -1.93. The van der Waals surface area contributed by atoms with Crippen LogP contribution in [0.3, 0.4) is 0 Å². The fourth-order valence-corrected chi connectivity index (χ4v) is 5.57. The van der Waals surface area contributed by atoms with Crippen LogP contribution in [0.4, 0.5) is 0 Å². The third kappa shape index (κ3) is 20.2. The molecule has 9 atom stereocenters. The highest BCUT2D eigenvalue weighted by Gasteiger charge is 2.44. The number of hydrogen-bond donors (Lipinski definition) is 8. The second-order valence-electron chi connectivity index (χ2n) is 13.2. The lowest BCUT2D eigenvalue weighted by Crippen LogP contribution is -2.60. The van der Waals surface area contributed by atoms with Gasteiger partial charge in [-0.1, -0.05) is 94.6 Å². The van der Waals surface area contributed by atoms with Gasteiger partial charge in [-0.2, -0.15) is 0 Å². The van der Waals surface area contributed by atoms with Crippen molar-refractivity contribution in [1.29, 1.82) is 0 Å². The number of unbranched alkanes of at least 4 members (excludes halogenated alkanes) is 9. The van der Waals surface area contributed by atoms with Crippen LogP contribution in [0.5, 0.6) is 0 Å². The summed E-state index contributed by atoms with van der Waals surface area (Å²) in [6, 6.07) is -1.20. The summed E-state index contributed by atoms with van der Waals surface area (Å²) in [6.07, 6.45) is 20.4. The third-order valence-electron chi connectivity index (χ3n) is 8.82. The minimum Gasteiger partial charge on any atom is -0.394 e. The zero-order valence-electron chi connectivity index (χ0n) is 30.6. The summed E-state index contributed by atoms with van der Waals surface area (Å²) < 4.78 is 11.0. The molecule has 1 fully saturated rings. The Morgan fingerprint density at radius 3 is 1.86 bits per heavy atom. The van der Waals surface area contributed by atoms with Crippen LogP contribution in [-0.4, -0.2) is 110 Å². The zero-order valence-corrected chi connectivity index (χ0v) is 30.6. The molecule has 0 saturated carbocycles. The van der Waals surface area contributed by atoms with Gasteiger partial charge >= 0.3 is 0 Å². The molecule has 0 aliphatic carbocycles. The number of carbonyl (C=O) groups excluding carboxylic acids is 1. The van der Waals surface area contributed by atoms with Crippen LogP contribution in [0.25, 0.3) is 0 Å². The molecule has 0 aromatic carbocycles. The third-order valence-corrected chi connectivity index (χ3v) is 8.82. The van der Waals surface area contributed by atoms with E-state index < -0.39 is 74.2 Å². The Morgan fingerprint density at radius 1 is 0.700 bits per heavy atom. The van der Waals surface area contributed by atoms with Crippen molar-refractivity contribution in [3.8, 4) is 0 Å². The average Bonchev–Trinajstić information content (AvgIpc) is 3.11. The predicted molar refractivity (Wildman–Crippen MR) is 196 cm³/mol. The molecule has 0 radical (unpaired) electrons. The molecular formula is C39H69NO10. The number of rotatable bonds is 29. The molecule has 8 N–H and O–H groups in total. The van der Waals surface area contributed by atoms with Crippen molar-refractivity contribution in [2.24, 2.45) is 0 Å². The minimum atomic E-state index is -1.67. The normalized spacial score (nSPS) is 24.1. The van der Waals surface area contributed by atoms with E-state index in [1.54, 1.807) is 0 Å². The van der Waals surface area contributed by atoms with Gasteiger partial charge in [-0.05, 0) is 77.0 Å². The van der Waals surface area contributed by atoms with Crippen LogP contribution in [0.15, 0.2) is 48.6 Å². The van der Waals surface area contributed by atoms with Gasteiger partial charge in [0.1, 0.15) is 36.6 Å². The monoisotopic (exact) mass is 711 g/mol. The van der Waals surface area contributed by atoms with Crippen LogP contribution in [-0.2, 0) is 14.3 Å². The Morgan fingerprint density at radius 2 is 1.26 bits per heavy atom. The lowest BCUT2D eigenvalue weighted by atomic mass is 9.98. The first-order valence-electron chi connectivity index (χ1n) is 19.0. The molecule has 1 saturated heterocycles. The molecule has 1 amide bonds. The van der Waals surface area contributed by atoms with Gasteiger partial charge in [-0.15, -0.1) is 0 Å². The van der Waals surface area contributed by atoms with Crippen molar-refractivity contribution in [3.63, 3.8) is 0 Å². The molecular weight excluding hydrogens is 642 g/mol. The molecule has 0 spiro atoms. The Kier molecular flexibility index (Phi) is 27.3. The van der Waals surface area contributed by atoms with Crippen molar-refractivity contribution in [2.45, 2.75) is 178 Å². The van der Waals surface area contributed by atoms with Crippen LogP contribution < -0.4 is 5.32 Å². The van der Waals surface area contributed by atoms with Crippen LogP contribution >= 0.6 is 0 Å². The SMILES string of the molecule is CC/C=C/CC/C=C/CC/C=C/CCCC(O)C(O)C(COC1OC(CO)C(O)C(O)C1O)NC(=O)C(O)CCCCCC/C=C\CCCC. The van der Waals surface area contributed by atoms with Gasteiger partial charge in [0.15, 0.2) is 6.29 Å². The summed E-state index contributed by atoms with van der Waals surface area (Å²) in [4.78, 5) is 12.9. The standard InChI is InChI=1S/C39H69NO10/c1-3-5-7-9-11-13-15-16-17-19-20-22-24-26-31(42)34(44)30(29-49-39-37(47)36(46)35(45)33(28-41)50-39)40-38(48)32(43)27-25-23-21-18-14-12-10-8-6-4-2/h5,7,10,12-13,15,19-20,30-37,39,41-47H,3-4,6,8-9,11,14,16-18,21-29H2,1-2H3,(H,40,48)/b7-5+,12-10-,15-13+,20-19+. The molecule has 0 bridgehead atoms. The van der Waals surface area contributed by atoms with E-state index in [0.29, 0.717) is 19.3 Å². The van der Waals surface area contributed by atoms with Gasteiger partial charge in [-0.3, -0.25) is 4.79 Å². The molecule has 11 heteroatoms. The number of allylic oxidation sites excluding steroid dienone is 8. The largest absolute Gasteiger partial charge is 0.394 e. The lowest BCUT2D eigenvalue weighted by molar-refractivity contribution is -0.303. The average molecular weight is 712 g/mol. The fourth-order valence-electron chi connectivity index (χ4n) is 5.57. The summed E-state index contributed by atoms with van der Waals surface area (Å²) in [7, 11) is 0. The molecule has 50 heavy (non-hydrogen) atoms. The molecule has 1 aliphatic heterocycles. The van der Waals surface area contributed by atoms with Crippen LogP contribution in [0, 0.1) is 0 Å². The van der Waals surface area contributed by atoms with E-state index in [-0.39, 0.29) is 12.8 Å². The number of amides is 1. The van der Waals surface area contributed by atoms with E-state index >= 15 is 0 Å². The number of aliphatic hydroxyl groups is 7. The van der Waals surface area contributed by atoms with Gasteiger partial charge in [0.05, 0.1) is 25.4 Å². The van der Waals surface area contributed by atoms with Crippen LogP contribution in [0.1, 0.15) is 123 Å². The van der Waals surface area contributed by atoms with E-state index in [2.05, 4.69) is 61.7 Å². The second kappa shape index (κ2) is 29.6. The van der Waals surface area contributed by atoms with Crippen molar-refractivity contribution in [1.82, 2.24) is 5.32 Å². The first-order chi connectivity index (χ1) is 24.2. The molecule has 9 unspecified atom stereocenters. The molecule has 11 nitrogen and oxygen atoms in total. The van der Waals surface area contributed by atoms with Gasteiger partial charge in [0.2, 0.25) is 5.91 Å². The first-order valence-corrected chi connectivity index (χ1v) is 19.0. The smallest absolute Gasteiger partial charge is 0.249 e. The van der Waals surface area contributed by atoms with Gasteiger partial charge in [0.25, 0.3) is 0 Å². The first kappa shape index (κ1) is 46.1. The minimum absolute atomic E-state index is 0.232. The maximum absolute atomic E-state index is 12.9. The van der Waals surface area contributed by atoms with Crippen molar-refractivity contribution < 1.29 is 50.0 Å². The number of hydrogen-bond acceptors (Lipinski definition) is 10. The number of nitrogens with one attached hydrogen (secondary N) is 1. The molecule has 1 aliphatic rings. The van der Waals surface area contributed by atoms with E-state index in [9.17, 15) is 40.5 Å². The molecule has 290 valence electrons. The second-order valence-corrected chi connectivity index (χ2v) is 13.2. The molecule has 0 aromatic heterocycles. The highest BCUT2D eigenvalue weighted by atomic mass is 16.7. The highest BCUT2D eigenvalue weighted by Crippen LogP contribution is 2.23. The van der Waals surface area contributed by atoms with Gasteiger partial charge in [-0.25, -0.2) is 0 Å². The van der Waals surface area contributed by atoms with Crippen molar-refractivity contribution in [2.75, 3.05) is 13.2 Å². The Labute approximate surface area is 300 Å². The highest BCUT2D eigenvalue weighted by molar-refractivity contribution is 5.80. The topological polar surface area (TPSA) is 189 Å². The number of carbonyl (C=O) groups is 1. The summed E-state index contributed by atoms with van der Waals surface area (Å²) in [5.41, 5.74) is 0. The maximum Gasteiger partial charge on any atom is 0.249 e. The number of ether oxygens (including phenoxy) is 2.